The quantitative estimate of drug-likeness (QED) is 0.753. The first-order chi connectivity index (χ1) is 10.2. The van der Waals surface area contributed by atoms with E-state index in [4.69, 9.17) is 21.1 Å². The van der Waals surface area contributed by atoms with E-state index in [2.05, 4.69) is 15.9 Å². The highest BCUT2D eigenvalue weighted by molar-refractivity contribution is 9.10. The Morgan fingerprint density at radius 2 is 2.05 bits per heavy atom. The fourth-order valence-corrected chi connectivity index (χ4v) is 3.25. The van der Waals surface area contributed by atoms with Gasteiger partial charge in [0.05, 0.1) is 11.6 Å². The molecule has 2 rings (SSSR count). The number of rotatable bonds is 3. The lowest BCUT2D eigenvalue weighted by molar-refractivity contribution is -0.00785. The lowest BCUT2D eigenvalue weighted by atomic mass is 10.0. The number of aryl methyl sites for hydroxylation is 1. The van der Waals surface area contributed by atoms with E-state index >= 15 is 0 Å². The van der Waals surface area contributed by atoms with Gasteiger partial charge < -0.3 is 14.4 Å². The number of likely N-dealkylation sites (tertiary alicyclic amines) is 1. The van der Waals surface area contributed by atoms with Gasteiger partial charge in [-0.25, -0.2) is 4.79 Å². The van der Waals surface area contributed by atoms with Crippen molar-refractivity contribution in [1.82, 2.24) is 4.90 Å². The molecule has 1 aliphatic rings. The van der Waals surface area contributed by atoms with E-state index in [-0.39, 0.29) is 6.09 Å². The van der Waals surface area contributed by atoms with Crippen LogP contribution >= 0.6 is 27.5 Å². The summed E-state index contributed by atoms with van der Waals surface area (Å²) in [5.41, 5.74) is 0.531. The number of carbonyl (C=O) groups is 1. The maximum absolute atomic E-state index is 11.8. The second-order valence-corrected chi connectivity index (χ2v) is 7.92. The van der Waals surface area contributed by atoms with Crippen LogP contribution in [-0.2, 0) is 4.74 Å². The number of amides is 1. The Morgan fingerprint density at radius 1 is 1.41 bits per heavy atom. The molecule has 0 unspecified atom stereocenters. The molecule has 1 heterocycles. The summed E-state index contributed by atoms with van der Waals surface area (Å²) in [6.07, 6.45) is -0.262. The molecule has 4 nitrogen and oxygen atoms in total. The molecule has 122 valence electrons. The van der Waals surface area contributed by atoms with Crippen molar-refractivity contribution in [3.63, 3.8) is 0 Å². The molecule has 0 radical (unpaired) electrons. The minimum Gasteiger partial charge on any atom is -0.491 e. The van der Waals surface area contributed by atoms with Crippen LogP contribution in [0.5, 0.6) is 5.75 Å². The zero-order valence-corrected chi connectivity index (χ0v) is 15.6. The van der Waals surface area contributed by atoms with Crippen LogP contribution in [0.4, 0.5) is 4.79 Å². The molecule has 1 fully saturated rings. The molecule has 0 aliphatic carbocycles. The predicted molar refractivity (Wildman–Crippen MR) is 90.7 cm³/mol. The van der Waals surface area contributed by atoms with Crippen molar-refractivity contribution >= 4 is 33.6 Å². The van der Waals surface area contributed by atoms with Gasteiger partial charge in [-0.15, -0.1) is 0 Å². The highest BCUT2D eigenvalue weighted by Gasteiger charge is 2.34. The first-order valence-corrected chi connectivity index (χ1v) is 8.39. The number of halogens is 2. The SMILES string of the molecule is Cc1cc(Br)cc(Cl)c1OCC1CN(C(=O)OC(C)(C)C)C1. The number of carbonyl (C=O) groups excluding carboxylic acids is 1. The molecular formula is C16H21BrClNO3. The summed E-state index contributed by atoms with van der Waals surface area (Å²) in [7, 11) is 0. The first kappa shape index (κ1) is 17.4. The maximum Gasteiger partial charge on any atom is 0.410 e. The highest BCUT2D eigenvalue weighted by atomic mass is 79.9. The van der Waals surface area contributed by atoms with E-state index in [1.165, 1.54) is 0 Å². The molecule has 1 amide bonds. The molecule has 1 aromatic carbocycles. The zero-order valence-electron chi connectivity index (χ0n) is 13.3. The fraction of sp³-hybridized carbons (Fsp3) is 0.562. The summed E-state index contributed by atoms with van der Waals surface area (Å²) in [6, 6.07) is 3.78. The van der Waals surface area contributed by atoms with E-state index in [9.17, 15) is 4.79 Å². The average molecular weight is 391 g/mol. The molecule has 0 atom stereocenters. The van der Waals surface area contributed by atoms with E-state index in [1.54, 1.807) is 4.90 Å². The van der Waals surface area contributed by atoms with Gasteiger partial charge in [0.15, 0.2) is 0 Å². The molecular weight excluding hydrogens is 370 g/mol. The largest absolute Gasteiger partial charge is 0.491 e. The molecule has 1 saturated heterocycles. The minimum atomic E-state index is -0.458. The van der Waals surface area contributed by atoms with Gasteiger partial charge in [-0.1, -0.05) is 27.5 Å². The lowest BCUT2D eigenvalue weighted by Crippen LogP contribution is -2.53. The molecule has 22 heavy (non-hydrogen) atoms. The van der Waals surface area contributed by atoms with Crippen LogP contribution in [0, 0.1) is 12.8 Å². The highest BCUT2D eigenvalue weighted by Crippen LogP contribution is 2.33. The first-order valence-electron chi connectivity index (χ1n) is 7.22. The van der Waals surface area contributed by atoms with Crippen molar-refractivity contribution in [2.24, 2.45) is 5.92 Å². The van der Waals surface area contributed by atoms with Gasteiger partial charge in [-0.05, 0) is 45.4 Å². The molecule has 1 aromatic rings. The monoisotopic (exact) mass is 389 g/mol. The van der Waals surface area contributed by atoms with Crippen LogP contribution in [0.1, 0.15) is 26.3 Å². The fourth-order valence-electron chi connectivity index (χ4n) is 2.22. The Hall–Kier alpha value is -0.940. The average Bonchev–Trinajstić information content (AvgIpc) is 2.27. The van der Waals surface area contributed by atoms with Crippen LogP contribution in [0.25, 0.3) is 0 Å². The molecule has 1 aliphatic heterocycles. The van der Waals surface area contributed by atoms with Crippen LogP contribution in [0.15, 0.2) is 16.6 Å². The summed E-state index contributed by atoms with van der Waals surface area (Å²) in [4.78, 5) is 13.5. The summed E-state index contributed by atoms with van der Waals surface area (Å²) < 4.78 is 12.1. The molecule has 0 spiro atoms. The predicted octanol–water partition coefficient (Wildman–Crippen LogP) is 4.66. The van der Waals surface area contributed by atoms with Crippen LogP contribution < -0.4 is 4.74 Å². The van der Waals surface area contributed by atoms with Crippen LogP contribution in [0.3, 0.4) is 0 Å². The summed E-state index contributed by atoms with van der Waals surface area (Å²) in [5, 5.41) is 0.593. The van der Waals surface area contributed by atoms with Crippen molar-refractivity contribution in [2.45, 2.75) is 33.3 Å². The van der Waals surface area contributed by atoms with Crippen molar-refractivity contribution in [3.05, 3.63) is 27.2 Å². The van der Waals surface area contributed by atoms with Crippen molar-refractivity contribution in [1.29, 1.82) is 0 Å². The summed E-state index contributed by atoms with van der Waals surface area (Å²) in [5.74, 6) is 1.02. The van der Waals surface area contributed by atoms with Gasteiger partial charge in [-0.2, -0.15) is 0 Å². The Bertz CT molecular complexity index is 542. The van der Waals surface area contributed by atoms with Gasteiger partial charge >= 0.3 is 6.09 Å². The van der Waals surface area contributed by atoms with Crippen LogP contribution in [-0.4, -0.2) is 36.3 Å². The molecule has 0 saturated carbocycles. The van der Waals surface area contributed by atoms with Crippen molar-refractivity contribution in [2.75, 3.05) is 19.7 Å². The molecule has 0 N–H and O–H groups in total. The second-order valence-electron chi connectivity index (χ2n) is 6.60. The van der Waals surface area contributed by atoms with Gasteiger partial charge in [0.25, 0.3) is 0 Å². The van der Waals surface area contributed by atoms with E-state index in [0.29, 0.717) is 36.4 Å². The summed E-state index contributed by atoms with van der Waals surface area (Å²) >= 11 is 9.59. The van der Waals surface area contributed by atoms with Gasteiger partial charge in [0, 0.05) is 23.5 Å². The zero-order chi connectivity index (χ0) is 16.5. The molecule has 0 aromatic heterocycles. The Labute approximate surface area is 144 Å². The number of hydrogen-bond donors (Lipinski definition) is 0. The number of ether oxygens (including phenoxy) is 2. The van der Waals surface area contributed by atoms with Gasteiger partial charge in [0.2, 0.25) is 0 Å². The Morgan fingerprint density at radius 3 is 2.59 bits per heavy atom. The van der Waals surface area contributed by atoms with E-state index < -0.39 is 5.60 Å². The van der Waals surface area contributed by atoms with Crippen molar-refractivity contribution < 1.29 is 14.3 Å². The Balaban J connectivity index is 1.81. The Kier molecular flexibility index (Phi) is 5.28. The topological polar surface area (TPSA) is 38.8 Å². The minimum absolute atomic E-state index is 0.262. The van der Waals surface area contributed by atoms with Gasteiger partial charge in [-0.3, -0.25) is 0 Å². The maximum atomic E-state index is 11.8. The van der Waals surface area contributed by atoms with E-state index in [1.807, 2.05) is 39.8 Å². The standard InChI is InChI=1S/C16H21BrClNO3/c1-10-5-12(17)6-13(18)14(10)21-9-11-7-19(8-11)15(20)22-16(2,3)4/h5-6,11H,7-9H2,1-4H3. The second kappa shape index (κ2) is 6.67. The third kappa shape index (κ3) is 4.53. The molecule has 6 heteroatoms. The number of hydrogen-bond acceptors (Lipinski definition) is 3. The third-order valence-electron chi connectivity index (χ3n) is 3.27. The van der Waals surface area contributed by atoms with Crippen LogP contribution in [0.2, 0.25) is 5.02 Å². The normalized spacial score (nSPS) is 15.5. The van der Waals surface area contributed by atoms with Crippen molar-refractivity contribution in [3.8, 4) is 5.75 Å². The molecule has 0 bridgehead atoms. The smallest absolute Gasteiger partial charge is 0.410 e. The number of benzene rings is 1. The number of nitrogens with zero attached hydrogens (tertiary/aromatic N) is 1. The lowest BCUT2D eigenvalue weighted by Gasteiger charge is -2.39. The third-order valence-corrected chi connectivity index (χ3v) is 4.00. The van der Waals surface area contributed by atoms with E-state index in [0.717, 1.165) is 10.0 Å². The van der Waals surface area contributed by atoms with Gasteiger partial charge in [0.1, 0.15) is 11.4 Å². The summed E-state index contributed by atoms with van der Waals surface area (Å²) in [6.45, 7) is 9.40.